The highest BCUT2D eigenvalue weighted by Gasteiger charge is 2.61. The summed E-state index contributed by atoms with van der Waals surface area (Å²) in [6.45, 7) is 0.447. The van der Waals surface area contributed by atoms with E-state index < -0.39 is 23.4 Å². The molecule has 0 radical (unpaired) electrons. The van der Waals surface area contributed by atoms with Gasteiger partial charge < -0.3 is 10.2 Å². The van der Waals surface area contributed by atoms with Gasteiger partial charge in [-0.15, -0.1) is 0 Å². The summed E-state index contributed by atoms with van der Waals surface area (Å²) in [7, 11) is 0. The van der Waals surface area contributed by atoms with Crippen molar-refractivity contribution in [2.24, 2.45) is 17.8 Å². The molecule has 5 nitrogen and oxygen atoms in total. The fourth-order valence-electron chi connectivity index (χ4n) is 4.11. The van der Waals surface area contributed by atoms with E-state index in [4.69, 9.17) is 0 Å². The Balaban J connectivity index is 1.81. The average molecular weight is 289 g/mol. The van der Waals surface area contributed by atoms with E-state index >= 15 is 0 Å². The van der Waals surface area contributed by atoms with Crippen LogP contribution in [-0.2, 0) is 16.1 Å². The van der Waals surface area contributed by atoms with E-state index in [1.165, 1.54) is 0 Å². The van der Waals surface area contributed by atoms with Crippen LogP contribution in [0, 0.1) is 17.8 Å². The Hall–Kier alpha value is -1.88. The fraction of sp³-hybridized carbons (Fsp3) is 0.500. The average Bonchev–Trinajstić information content (AvgIpc) is 3.04. The van der Waals surface area contributed by atoms with Gasteiger partial charge in [-0.1, -0.05) is 30.3 Å². The standard InChI is InChI=1S/C16H19NO4/c18-14(19)12-6-11-7-13(12)16(8-11,15(20)21)17-9-10-4-2-1-3-5-10/h1-5,11-13,17H,6-9H2,(H,18,19)(H,20,21)/t11?,12-,13?,16-/m1/s1. The topological polar surface area (TPSA) is 86.6 Å². The lowest BCUT2D eigenvalue weighted by Gasteiger charge is -2.37. The summed E-state index contributed by atoms with van der Waals surface area (Å²) in [4.78, 5) is 23.2. The first kappa shape index (κ1) is 14.1. The molecule has 0 heterocycles. The normalized spacial score (nSPS) is 34.0. The first-order valence-electron chi connectivity index (χ1n) is 7.28. The second-order valence-electron chi connectivity index (χ2n) is 6.21. The number of aliphatic carboxylic acids is 2. The van der Waals surface area contributed by atoms with Gasteiger partial charge in [-0.05, 0) is 30.7 Å². The molecule has 0 saturated heterocycles. The molecule has 21 heavy (non-hydrogen) atoms. The van der Waals surface area contributed by atoms with Crippen molar-refractivity contribution in [2.45, 2.75) is 31.3 Å². The summed E-state index contributed by atoms with van der Waals surface area (Å²) in [6.07, 6.45) is 1.84. The lowest BCUT2D eigenvalue weighted by atomic mass is 9.74. The maximum atomic E-state index is 11.8. The molecule has 1 aromatic carbocycles. The van der Waals surface area contributed by atoms with Gasteiger partial charge in [0.25, 0.3) is 0 Å². The highest BCUT2D eigenvalue weighted by molar-refractivity contribution is 5.82. The van der Waals surface area contributed by atoms with Gasteiger partial charge in [0.15, 0.2) is 0 Å². The van der Waals surface area contributed by atoms with Crippen molar-refractivity contribution in [3.63, 3.8) is 0 Å². The fourth-order valence-corrected chi connectivity index (χ4v) is 4.11. The van der Waals surface area contributed by atoms with Crippen molar-refractivity contribution >= 4 is 11.9 Å². The van der Waals surface area contributed by atoms with Crippen LogP contribution >= 0.6 is 0 Å². The molecular formula is C16H19NO4. The number of hydrogen-bond acceptors (Lipinski definition) is 3. The molecule has 5 heteroatoms. The Labute approximate surface area is 123 Å². The molecule has 112 valence electrons. The predicted molar refractivity (Wildman–Crippen MR) is 75.6 cm³/mol. The van der Waals surface area contributed by atoms with E-state index in [0.29, 0.717) is 25.8 Å². The minimum atomic E-state index is -1.10. The lowest BCUT2D eigenvalue weighted by Crippen LogP contribution is -2.58. The summed E-state index contributed by atoms with van der Waals surface area (Å²) >= 11 is 0. The van der Waals surface area contributed by atoms with Gasteiger partial charge in [-0.25, -0.2) is 0 Å². The number of carboxylic acids is 2. The summed E-state index contributed by atoms with van der Waals surface area (Å²) in [5.41, 5.74) is -0.0882. The number of carbonyl (C=O) groups is 2. The van der Waals surface area contributed by atoms with Gasteiger partial charge in [0.1, 0.15) is 5.54 Å². The van der Waals surface area contributed by atoms with Crippen molar-refractivity contribution in [3.8, 4) is 0 Å². The summed E-state index contributed by atoms with van der Waals surface area (Å²) in [5.74, 6) is -2.44. The van der Waals surface area contributed by atoms with Gasteiger partial charge >= 0.3 is 11.9 Å². The Morgan fingerprint density at radius 1 is 1.19 bits per heavy atom. The predicted octanol–water partition coefficient (Wildman–Crippen LogP) is 1.73. The zero-order valence-corrected chi connectivity index (χ0v) is 11.7. The second-order valence-corrected chi connectivity index (χ2v) is 6.21. The van der Waals surface area contributed by atoms with Crippen LogP contribution in [0.5, 0.6) is 0 Å². The van der Waals surface area contributed by atoms with E-state index in [-0.39, 0.29) is 11.8 Å². The van der Waals surface area contributed by atoms with Gasteiger partial charge in [-0.3, -0.25) is 14.9 Å². The third-order valence-electron chi connectivity index (χ3n) is 5.05. The molecule has 2 bridgehead atoms. The summed E-state index contributed by atoms with van der Waals surface area (Å²) in [5, 5.41) is 22.2. The van der Waals surface area contributed by atoms with Crippen LogP contribution < -0.4 is 5.32 Å². The van der Waals surface area contributed by atoms with E-state index in [1.54, 1.807) is 0 Å². The van der Waals surface area contributed by atoms with Crippen LogP contribution in [0.3, 0.4) is 0 Å². The van der Waals surface area contributed by atoms with Crippen LogP contribution in [0.2, 0.25) is 0 Å². The highest BCUT2D eigenvalue weighted by Crippen LogP contribution is 2.54. The maximum absolute atomic E-state index is 11.8. The summed E-state index contributed by atoms with van der Waals surface area (Å²) in [6, 6.07) is 9.60. The third kappa shape index (κ3) is 2.31. The van der Waals surface area contributed by atoms with Crippen molar-refractivity contribution in [1.29, 1.82) is 0 Å². The lowest BCUT2D eigenvalue weighted by molar-refractivity contribution is -0.153. The van der Waals surface area contributed by atoms with Crippen molar-refractivity contribution in [1.82, 2.24) is 5.32 Å². The molecular weight excluding hydrogens is 270 g/mol. The van der Waals surface area contributed by atoms with Crippen LogP contribution in [0.1, 0.15) is 24.8 Å². The van der Waals surface area contributed by atoms with Crippen LogP contribution in [-0.4, -0.2) is 27.7 Å². The first-order valence-corrected chi connectivity index (χ1v) is 7.28. The van der Waals surface area contributed by atoms with E-state index in [9.17, 15) is 19.8 Å². The molecule has 0 amide bonds. The highest BCUT2D eigenvalue weighted by atomic mass is 16.4. The Kier molecular flexibility index (Phi) is 3.45. The molecule has 2 unspecified atom stereocenters. The monoisotopic (exact) mass is 289 g/mol. The van der Waals surface area contributed by atoms with Crippen LogP contribution in [0.25, 0.3) is 0 Å². The number of nitrogens with one attached hydrogen (secondary N) is 1. The van der Waals surface area contributed by atoms with E-state index in [2.05, 4.69) is 5.32 Å². The molecule has 3 N–H and O–H groups in total. The molecule has 0 spiro atoms. The first-order chi connectivity index (χ1) is 10.0. The number of benzene rings is 1. The van der Waals surface area contributed by atoms with E-state index in [0.717, 1.165) is 5.56 Å². The number of hydrogen-bond donors (Lipinski definition) is 3. The van der Waals surface area contributed by atoms with Gasteiger partial charge in [0, 0.05) is 12.5 Å². The van der Waals surface area contributed by atoms with Gasteiger partial charge in [0.05, 0.1) is 5.92 Å². The van der Waals surface area contributed by atoms with Gasteiger partial charge in [-0.2, -0.15) is 0 Å². The second kappa shape index (κ2) is 5.15. The van der Waals surface area contributed by atoms with Crippen LogP contribution in [0.15, 0.2) is 30.3 Å². The molecule has 2 aliphatic rings. The van der Waals surface area contributed by atoms with Crippen LogP contribution in [0.4, 0.5) is 0 Å². The molecule has 0 aromatic heterocycles. The molecule has 1 aromatic rings. The Morgan fingerprint density at radius 3 is 2.48 bits per heavy atom. The minimum Gasteiger partial charge on any atom is -0.481 e. The number of fused-ring (bicyclic) bond motifs is 2. The molecule has 2 aliphatic carbocycles. The van der Waals surface area contributed by atoms with Crippen molar-refractivity contribution in [3.05, 3.63) is 35.9 Å². The quantitative estimate of drug-likeness (QED) is 0.768. The molecule has 4 atom stereocenters. The van der Waals surface area contributed by atoms with Gasteiger partial charge in [0.2, 0.25) is 0 Å². The Morgan fingerprint density at radius 2 is 1.90 bits per heavy atom. The maximum Gasteiger partial charge on any atom is 0.324 e. The van der Waals surface area contributed by atoms with Crippen molar-refractivity contribution < 1.29 is 19.8 Å². The Bertz CT molecular complexity index is 559. The molecule has 2 saturated carbocycles. The zero-order chi connectivity index (χ0) is 15.0. The zero-order valence-electron chi connectivity index (χ0n) is 11.7. The largest absolute Gasteiger partial charge is 0.481 e. The van der Waals surface area contributed by atoms with E-state index in [1.807, 2.05) is 30.3 Å². The molecule has 3 rings (SSSR count). The summed E-state index contributed by atoms with van der Waals surface area (Å²) < 4.78 is 0. The minimum absolute atomic E-state index is 0.204. The number of carboxylic acid groups (broad SMARTS) is 2. The smallest absolute Gasteiger partial charge is 0.324 e. The molecule has 0 aliphatic heterocycles. The number of rotatable bonds is 5. The SMILES string of the molecule is O=C(O)[C@@H]1CC2CC1[C@@](NCc1ccccc1)(C(=O)O)C2. The van der Waals surface area contributed by atoms with Crippen molar-refractivity contribution in [2.75, 3.05) is 0 Å². The molecule has 2 fully saturated rings. The third-order valence-corrected chi connectivity index (χ3v) is 5.05.